The molecule has 8 heterocycles. The second-order valence-electron chi connectivity index (χ2n) is 30.6. The number of nitrogens with zero attached hydrogens (tertiary/aromatic N) is 10. The molecule has 0 bridgehead atoms. The number of aromatic nitrogens is 8. The van der Waals surface area contributed by atoms with E-state index in [4.69, 9.17) is 79.4 Å². The molecule has 11 N–H and O–H groups in total. The molecule has 5 amide bonds. The third-order valence-electron chi connectivity index (χ3n) is 20.1. The normalized spacial score (nSPS) is 17.0. The SMILES string of the molecule is CC(C)(C)CC(=O)N1Cc2c(C(N)=O)c(-c3ccc(F)c(Cl)c3)nn2CC12CC2.CC(C)(C)N=C=O.NC(=O)c1c(-c2ccc(F)c(Cl)c2)nn2c1CCC1(CC1)C2.NC(=O)c1c(-c2ccc(F)c(Cl)c2)nn2c1CNC1(CC1)C2.NC(=O)c1c(I)nn2c1CCC1(CC1)C2.OB(O)c1ccc(Cl)c(F)c1. The van der Waals surface area contributed by atoms with Crippen LogP contribution in [0.4, 0.5) is 17.6 Å². The van der Waals surface area contributed by atoms with E-state index in [1.165, 1.54) is 92.8 Å². The number of fused-ring (bicyclic) bond motifs is 4. The van der Waals surface area contributed by atoms with Crippen LogP contribution in [0.25, 0.3) is 33.8 Å². The Morgan fingerprint density at radius 3 is 1.35 bits per heavy atom. The lowest BCUT2D eigenvalue weighted by atomic mass is 9.80. The van der Waals surface area contributed by atoms with Crippen LogP contribution in [-0.2, 0) is 61.7 Å². The van der Waals surface area contributed by atoms with Crippen molar-refractivity contribution in [2.45, 2.75) is 181 Å². The quantitative estimate of drug-likeness (QED) is 0.0233. The second-order valence-corrected chi connectivity index (χ2v) is 33.2. The minimum atomic E-state index is -1.65. The van der Waals surface area contributed by atoms with Gasteiger partial charge in [-0.05, 0) is 209 Å². The number of aliphatic imine (C=N–C) groups is 1. The van der Waals surface area contributed by atoms with E-state index in [0.29, 0.717) is 86.5 Å². The number of carbonyl (C=O) groups excluding carboxylic acids is 6. The lowest BCUT2D eigenvalue weighted by Gasteiger charge is -2.38. The molecule has 4 fully saturated rings. The number of nitrogens with two attached hydrogens (primary N) is 4. The van der Waals surface area contributed by atoms with Crippen LogP contribution >= 0.6 is 69.0 Å². The summed E-state index contributed by atoms with van der Waals surface area (Å²) in [7, 11) is -1.65. The fourth-order valence-corrected chi connectivity index (χ4v) is 15.2. The monoisotopic (exact) mass is 1650 g/mol. The molecule has 0 saturated heterocycles. The zero-order valence-electron chi connectivity index (χ0n) is 59.0. The third kappa shape index (κ3) is 17.7. The Kier molecular flexibility index (Phi) is 22.8. The van der Waals surface area contributed by atoms with Crippen LogP contribution in [0.2, 0.25) is 20.1 Å². The maximum absolute atomic E-state index is 13.6. The van der Waals surface area contributed by atoms with Crippen LogP contribution < -0.4 is 33.7 Å². The number of amides is 5. The predicted molar refractivity (Wildman–Crippen MR) is 401 cm³/mol. The van der Waals surface area contributed by atoms with Gasteiger partial charge in [-0.1, -0.05) is 73.2 Å². The Balaban J connectivity index is 0.000000133. The van der Waals surface area contributed by atoms with Gasteiger partial charge in [0.15, 0.2) is 0 Å². The lowest BCUT2D eigenvalue weighted by molar-refractivity contribution is -0.138. The molecule has 33 heteroatoms. The average Bonchev–Trinajstić information content (AvgIpc) is 1.58. The van der Waals surface area contributed by atoms with Gasteiger partial charge in [0.25, 0.3) is 23.6 Å². The molecule has 0 radical (unpaired) electrons. The first-order valence-corrected chi connectivity index (χ1v) is 36.9. The van der Waals surface area contributed by atoms with Crippen molar-refractivity contribution >= 4 is 117 Å². The summed E-state index contributed by atoms with van der Waals surface area (Å²) in [5, 5.41) is 38.7. The van der Waals surface area contributed by atoms with Crippen molar-refractivity contribution in [2.24, 2.45) is 44.2 Å². The predicted octanol–water partition coefficient (Wildman–Crippen LogP) is 11.6. The number of halogens is 9. The molecule has 16 rings (SSSR count). The summed E-state index contributed by atoms with van der Waals surface area (Å²) in [6, 6.07) is 16.4. The van der Waals surface area contributed by atoms with Crippen LogP contribution in [0.1, 0.15) is 176 Å². The van der Waals surface area contributed by atoms with E-state index >= 15 is 0 Å². The Bertz CT molecular complexity index is 4740. The van der Waals surface area contributed by atoms with Gasteiger partial charge in [0, 0.05) is 48.3 Å². The van der Waals surface area contributed by atoms with Gasteiger partial charge in [-0.15, -0.1) is 0 Å². The molecule has 8 aliphatic rings. The highest BCUT2D eigenvalue weighted by Gasteiger charge is 2.55. The van der Waals surface area contributed by atoms with E-state index in [1.54, 1.807) is 16.8 Å². The van der Waals surface area contributed by atoms with E-state index in [2.05, 4.69) is 53.3 Å². The van der Waals surface area contributed by atoms with Gasteiger partial charge in [-0.2, -0.15) is 20.4 Å². The molecule has 4 aromatic heterocycles. The maximum atomic E-state index is 13.6. The molecule has 4 aromatic carbocycles. The topological polar surface area (TPSA) is 346 Å². The van der Waals surface area contributed by atoms with Crippen molar-refractivity contribution < 1.29 is 56.4 Å². The van der Waals surface area contributed by atoms with Crippen LogP contribution in [-0.4, -0.2) is 113 Å². The highest BCUT2D eigenvalue weighted by molar-refractivity contribution is 14.1. The number of primary amides is 4. The molecular weight excluding hydrogens is 1570 g/mol. The van der Waals surface area contributed by atoms with Gasteiger partial charge in [-0.3, -0.25) is 42.7 Å². The molecule has 4 spiro atoms. The first-order chi connectivity index (χ1) is 49.8. The van der Waals surface area contributed by atoms with Gasteiger partial charge in [0.2, 0.25) is 12.0 Å². The van der Waals surface area contributed by atoms with Crippen molar-refractivity contribution in [2.75, 3.05) is 0 Å². The second kappa shape index (κ2) is 30.6. The van der Waals surface area contributed by atoms with Crippen molar-refractivity contribution in [1.29, 1.82) is 0 Å². The molecule has 4 saturated carbocycles. The summed E-state index contributed by atoms with van der Waals surface area (Å²) in [5.74, 6) is -4.13. The molecule has 106 heavy (non-hydrogen) atoms. The summed E-state index contributed by atoms with van der Waals surface area (Å²) in [4.78, 5) is 75.3. The number of isocyanates is 1. The van der Waals surface area contributed by atoms with Gasteiger partial charge in [0.1, 0.15) is 44.1 Å². The summed E-state index contributed by atoms with van der Waals surface area (Å²) in [6.45, 7) is 15.5. The van der Waals surface area contributed by atoms with Crippen LogP contribution in [0.5, 0.6) is 0 Å². The maximum Gasteiger partial charge on any atom is 0.488 e. The first-order valence-electron chi connectivity index (χ1n) is 34.3. The van der Waals surface area contributed by atoms with Gasteiger partial charge >= 0.3 is 7.12 Å². The molecule has 8 aromatic rings. The summed E-state index contributed by atoms with van der Waals surface area (Å²) < 4.78 is 61.2. The van der Waals surface area contributed by atoms with Crippen LogP contribution in [0.15, 0.2) is 77.8 Å². The molecule has 0 atom stereocenters. The first kappa shape index (κ1) is 79.1. The van der Waals surface area contributed by atoms with E-state index in [0.717, 1.165) is 91.4 Å². The lowest BCUT2D eigenvalue weighted by Crippen LogP contribution is -2.49. The zero-order chi connectivity index (χ0) is 77.1. The molecule has 0 unspecified atom stereocenters. The third-order valence-corrected chi connectivity index (χ3v) is 22.0. The Morgan fingerprint density at radius 1 is 0.547 bits per heavy atom. The summed E-state index contributed by atoms with van der Waals surface area (Å²) in [5.41, 5.74) is 30.8. The van der Waals surface area contributed by atoms with Gasteiger partial charge < -0.3 is 43.2 Å². The zero-order valence-corrected chi connectivity index (χ0v) is 64.1. The van der Waals surface area contributed by atoms with Crippen molar-refractivity contribution in [3.8, 4) is 33.8 Å². The minimum absolute atomic E-state index is 0.00400. The number of hydrogen-bond acceptors (Lipinski definition) is 14. The van der Waals surface area contributed by atoms with E-state index in [1.807, 2.05) is 60.5 Å². The summed E-state index contributed by atoms with van der Waals surface area (Å²) in [6.07, 6.45) is 15.0. The van der Waals surface area contributed by atoms with Gasteiger partial charge in [0.05, 0.1) is 95.8 Å². The van der Waals surface area contributed by atoms with Crippen molar-refractivity contribution in [1.82, 2.24) is 49.3 Å². The number of hydrogen-bond donors (Lipinski definition) is 7. The standard InChI is InChI=1S/C21H24ClFN4O2.C16H15ClFN3O.C15H14ClFN4O.C10H12IN3O.C6H5BClFO2.C5H9NO/c1-20(2,3)9-16(28)26-10-15-17(19(24)29)18(12-4-5-14(23)13(22)8-12)25-27(15)11-21(26)6-7-21;17-10-7-9(1-2-11(10)18)14-13(15(19)22)12-3-4-16(5-6-16)8-21(12)20-14;16-9-5-8(1-2-10(9)17)13-12(14(18)22)11-6-19-15(3-4-15)7-21(11)20-13;11-8-7(9(12)15)6-1-2-10(3-4-10)5-14(6)13-8;8-5-2-1-4(7(10)11)3-6(5)9;1-5(2,3)6-4-7/h4-5,8H,6-7,9-11H2,1-3H3,(H2,24,29);1-2,7H,3-6,8H2,(H2,19,22);1-2,5,19H,3-4,6-7H2,(H2,18,22);1-5H2,(H2,12,15);1-3,10-11H;1-3H3. The molecule has 4 aliphatic heterocycles. The number of benzene rings is 4. The van der Waals surface area contributed by atoms with Crippen molar-refractivity contribution in [3.63, 3.8) is 0 Å². The largest absolute Gasteiger partial charge is 0.488 e. The van der Waals surface area contributed by atoms with E-state index in [-0.39, 0.29) is 71.5 Å². The van der Waals surface area contributed by atoms with E-state index < -0.39 is 48.1 Å². The molecular formula is C73H79BCl4F4IN15O8. The average molecular weight is 1650 g/mol. The number of rotatable bonds is 9. The highest BCUT2D eigenvalue weighted by Crippen LogP contribution is 2.55. The molecule has 560 valence electrons. The summed E-state index contributed by atoms with van der Waals surface area (Å²) >= 11 is 25.1. The van der Waals surface area contributed by atoms with Crippen LogP contribution in [0.3, 0.4) is 0 Å². The number of nitrogens with one attached hydrogen (secondary N) is 1. The highest BCUT2D eigenvalue weighted by atomic mass is 127. The molecule has 4 aliphatic carbocycles. The smallest absolute Gasteiger partial charge is 0.423 e. The molecule has 23 nitrogen and oxygen atoms in total. The van der Waals surface area contributed by atoms with Gasteiger partial charge in [-0.25, -0.2) is 27.3 Å². The van der Waals surface area contributed by atoms with Crippen molar-refractivity contribution in [3.05, 3.63) is 165 Å². The number of carbonyl (C=O) groups is 5. The van der Waals surface area contributed by atoms with E-state index in [9.17, 15) is 46.3 Å². The van der Waals surface area contributed by atoms with Crippen LogP contribution in [0, 0.1) is 43.2 Å². The Morgan fingerprint density at radius 2 is 0.972 bits per heavy atom. The fourth-order valence-electron chi connectivity index (χ4n) is 13.7. The Labute approximate surface area is 642 Å². The fraction of sp³-hybridized carbons (Fsp3) is 0.425. The Hall–Kier alpha value is -8.00. The minimum Gasteiger partial charge on any atom is -0.423 e.